The molecule has 10 rings (SSSR count). The van der Waals surface area contributed by atoms with Gasteiger partial charge in [0.1, 0.15) is 11.2 Å². The number of nitriles is 2. The molecule has 51 heavy (non-hydrogen) atoms. The lowest BCUT2D eigenvalue weighted by Crippen LogP contribution is -2.04. The van der Waals surface area contributed by atoms with Gasteiger partial charge in [-0.25, -0.2) is 4.85 Å². The number of para-hydroxylation sites is 4. The summed E-state index contributed by atoms with van der Waals surface area (Å²) in [4.78, 5) is 4.03. The second-order valence-corrected chi connectivity index (χ2v) is 12.6. The van der Waals surface area contributed by atoms with Crippen LogP contribution >= 0.6 is 0 Å². The summed E-state index contributed by atoms with van der Waals surface area (Å²) < 4.78 is 10.8. The van der Waals surface area contributed by atoms with Crippen LogP contribution < -0.4 is 0 Å². The monoisotopic (exact) mass is 649 g/mol. The van der Waals surface area contributed by atoms with Crippen molar-refractivity contribution in [2.75, 3.05) is 0 Å². The molecule has 0 amide bonds. The van der Waals surface area contributed by atoms with Crippen LogP contribution in [0.2, 0.25) is 0 Å². The topological polar surface area (TPSA) is 74.9 Å². The first-order valence-electron chi connectivity index (χ1n) is 16.5. The number of benzene rings is 7. The van der Waals surface area contributed by atoms with E-state index in [0.29, 0.717) is 28.1 Å². The number of hydrogen-bond donors (Lipinski definition) is 0. The molecule has 6 nitrogen and oxygen atoms in total. The van der Waals surface area contributed by atoms with Crippen LogP contribution in [-0.2, 0) is 0 Å². The van der Waals surface area contributed by atoms with Gasteiger partial charge >= 0.3 is 0 Å². The van der Waals surface area contributed by atoms with Crippen LogP contribution in [0, 0.1) is 29.2 Å². The third-order valence-electron chi connectivity index (χ3n) is 10.0. The number of furan rings is 1. The number of hydrogen-bond acceptors (Lipinski definition) is 3. The molecule has 0 aliphatic rings. The maximum absolute atomic E-state index is 10.7. The maximum Gasteiger partial charge on any atom is 0.211 e. The molecule has 10 aromatic rings. The summed E-state index contributed by atoms with van der Waals surface area (Å²) in [5, 5.41) is 27.1. The van der Waals surface area contributed by atoms with E-state index in [9.17, 15) is 10.5 Å². The number of aromatic nitrogens is 2. The second-order valence-electron chi connectivity index (χ2n) is 12.6. The van der Waals surface area contributed by atoms with E-state index >= 15 is 0 Å². The van der Waals surface area contributed by atoms with Crippen LogP contribution in [0.3, 0.4) is 0 Å². The molecule has 3 heterocycles. The Labute approximate surface area is 291 Å². The third kappa shape index (κ3) is 3.89. The van der Waals surface area contributed by atoms with Crippen LogP contribution in [-0.4, -0.2) is 9.13 Å². The zero-order valence-corrected chi connectivity index (χ0v) is 26.9. The van der Waals surface area contributed by atoms with Gasteiger partial charge in [-0.05, 0) is 48.5 Å². The molecule has 0 saturated heterocycles. The molecular formula is C45H23N5O. The third-order valence-corrected chi connectivity index (χ3v) is 10.0. The molecule has 0 aliphatic carbocycles. The van der Waals surface area contributed by atoms with Crippen molar-refractivity contribution in [3.63, 3.8) is 0 Å². The highest BCUT2D eigenvalue weighted by molar-refractivity contribution is 6.24. The Hall–Kier alpha value is -7.59. The molecular weight excluding hydrogens is 627 g/mol. The quantitative estimate of drug-likeness (QED) is 0.179. The van der Waals surface area contributed by atoms with Crippen LogP contribution in [0.4, 0.5) is 5.69 Å². The highest BCUT2D eigenvalue weighted by atomic mass is 16.3. The van der Waals surface area contributed by atoms with Gasteiger partial charge < -0.3 is 13.6 Å². The van der Waals surface area contributed by atoms with Gasteiger partial charge in [-0.15, -0.1) is 0 Å². The lowest BCUT2D eigenvalue weighted by Gasteiger charge is -2.21. The van der Waals surface area contributed by atoms with Crippen molar-refractivity contribution in [3.05, 3.63) is 162 Å². The lowest BCUT2D eigenvalue weighted by molar-refractivity contribution is 0.673. The zero-order chi connectivity index (χ0) is 34.2. The summed E-state index contributed by atoms with van der Waals surface area (Å²) in [6.07, 6.45) is 0. The molecule has 0 radical (unpaired) electrons. The molecule has 0 aliphatic heterocycles. The lowest BCUT2D eigenvalue weighted by atomic mass is 9.94. The first-order valence-corrected chi connectivity index (χ1v) is 16.5. The van der Waals surface area contributed by atoms with Crippen molar-refractivity contribution in [1.82, 2.24) is 9.13 Å². The van der Waals surface area contributed by atoms with Crippen molar-refractivity contribution in [1.29, 1.82) is 10.5 Å². The SMILES string of the molecule is [C-]#[N+]c1ccc(C#N)c(-c2ccc(C#N)cc2-n2c3ccccc3c3c4oc5ccccc5c4ccc32)c1-n1c2ccccc2c2ccccc21. The minimum absolute atomic E-state index is 0.414. The molecule has 0 N–H and O–H groups in total. The maximum atomic E-state index is 10.7. The average molecular weight is 650 g/mol. The number of nitrogens with zero attached hydrogens (tertiary/aromatic N) is 5. The fraction of sp³-hybridized carbons (Fsp3) is 0. The van der Waals surface area contributed by atoms with Crippen molar-refractivity contribution < 1.29 is 4.42 Å². The van der Waals surface area contributed by atoms with Crippen molar-refractivity contribution >= 4 is 71.2 Å². The van der Waals surface area contributed by atoms with Crippen LogP contribution in [0.25, 0.3) is 92.9 Å². The standard InChI is InChI=1S/C45H23N5O/c1-48-35-22-19-28(26-47)42(44(35)50-36-14-6-2-10-29(36)30-11-3-7-15-37(30)50)34-20-18-27(25-46)24-40(34)49-38-16-8-4-13-33(38)43-39(49)23-21-32-31-12-5-9-17-41(31)51-45(32)43/h2-24H. The van der Waals surface area contributed by atoms with E-state index in [-0.39, 0.29) is 0 Å². The molecule has 0 bridgehead atoms. The highest BCUT2D eigenvalue weighted by Gasteiger charge is 2.26. The Bertz CT molecular complexity index is 3190. The number of rotatable bonds is 3. The van der Waals surface area contributed by atoms with Gasteiger partial charge in [0.2, 0.25) is 5.69 Å². The molecule has 0 unspecified atom stereocenters. The van der Waals surface area contributed by atoms with Crippen LogP contribution in [0.5, 0.6) is 0 Å². The summed E-state index contributed by atoms with van der Waals surface area (Å²) in [5.41, 5.74) is 9.28. The molecule has 7 aromatic carbocycles. The van der Waals surface area contributed by atoms with Crippen molar-refractivity contribution in [2.24, 2.45) is 0 Å². The summed E-state index contributed by atoms with van der Waals surface area (Å²) in [6.45, 7) is 8.36. The first kappa shape index (κ1) is 28.4. The van der Waals surface area contributed by atoms with Gasteiger partial charge in [0.15, 0.2) is 0 Å². The largest absolute Gasteiger partial charge is 0.455 e. The van der Waals surface area contributed by atoms with Gasteiger partial charge in [0.25, 0.3) is 0 Å². The van der Waals surface area contributed by atoms with E-state index in [0.717, 1.165) is 76.8 Å². The van der Waals surface area contributed by atoms with E-state index in [4.69, 9.17) is 11.0 Å². The summed E-state index contributed by atoms with van der Waals surface area (Å²) >= 11 is 0. The van der Waals surface area contributed by atoms with E-state index in [1.54, 1.807) is 18.2 Å². The Morgan fingerprint density at radius 1 is 0.569 bits per heavy atom. The summed E-state index contributed by atoms with van der Waals surface area (Å²) in [5.74, 6) is 0. The molecule has 6 heteroatoms. The predicted octanol–water partition coefficient (Wildman–Crippen LogP) is 11.7. The zero-order valence-electron chi connectivity index (χ0n) is 26.9. The van der Waals surface area contributed by atoms with Crippen LogP contribution in [0.1, 0.15) is 11.1 Å². The van der Waals surface area contributed by atoms with Crippen LogP contribution in [0.15, 0.2) is 144 Å². The van der Waals surface area contributed by atoms with E-state index in [2.05, 4.69) is 80.7 Å². The van der Waals surface area contributed by atoms with Gasteiger partial charge in [-0.2, -0.15) is 10.5 Å². The number of fused-ring (bicyclic) bond motifs is 10. The Morgan fingerprint density at radius 2 is 1.22 bits per heavy atom. The average Bonchev–Trinajstić information content (AvgIpc) is 3.85. The van der Waals surface area contributed by atoms with E-state index < -0.39 is 0 Å². The van der Waals surface area contributed by atoms with Crippen molar-refractivity contribution in [3.8, 4) is 34.6 Å². The van der Waals surface area contributed by atoms with Crippen molar-refractivity contribution in [2.45, 2.75) is 0 Å². The van der Waals surface area contributed by atoms with Gasteiger partial charge in [0, 0.05) is 38.1 Å². The van der Waals surface area contributed by atoms with Gasteiger partial charge in [-0.1, -0.05) is 91.0 Å². The molecule has 0 saturated carbocycles. The Balaban J connectivity index is 1.38. The molecule has 0 atom stereocenters. The van der Waals surface area contributed by atoms with Gasteiger partial charge in [0.05, 0.1) is 68.7 Å². The molecule has 3 aromatic heterocycles. The molecule has 0 fully saturated rings. The predicted molar refractivity (Wildman–Crippen MR) is 204 cm³/mol. The highest BCUT2D eigenvalue weighted by Crippen LogP contribution is 2.46. The Morgan fingerprint density at radius 3 is 1.90 bits per heavy atom. The smallest absolute Gasteiger partial charge is 0.211 e. The molecule has 0 spiro atoms. The fourth-order valence-electron chi connectivity index (χ4n) is 7.92. The fourth-order valence-corrected chi connectivity index (χ4v) is 7.92. The van der Waals surface area contributed by atoms with E-state index in [1.165, 1.54) is 0 Å². The summed E-state index contributed by atoms with van der Waals surface area (Å²) in [7, 11) is 0. The van der Waals surface area contributed by atoms with E-state index in [1.807, 2.05) is 66.7 Å². The summed E-state index contributed by atoms with van der Waals surface area (Å²) in [6, 6.07) is 50.6. The molecule has 234 valence electrons. The van der Waals surface area contributed by atoms with Gasteiger partial charge in [-0.3, -0.25) is 0 Å². The first-order chi connectivity index (χ1) is 25.2. The second kappa shape index (κ2) is 10.7. The minimum atomic E-state index is 0.414. The Kier molecular flexibility index (Phi) is 5.97. The normalized spacial score (nSPS) is 11.5. The minimum Gasteiger partial charge on any atom is -0.455 e.